The standard InChI is InChI=1S/C16H13ClF3N3O3/c17-10-3-7(1-2-12(10)25-16(18,19)20)15(24)23-5-8-9(6-23)14(8)11-4-13(21)26-22-11/h1-4,8-9,14H,5-6,21H2. The summed E-state index contributed by atoms with van der Waals surface area (Å²) >= 11 is 5.80. The molecule has 2 heterocycles. The highest BCUT2D eigenvalue weighted by molar-refractivity contribution is 6.32. The molecule has 2 aliphatic rings. The van der Waals surface area contributed by atoms with E-state index in [0.717, 1.165) is 11.8 Å². The SMILES string of the molecule is Nc1cc(C2C3CN(C(=O)c4ccc(OC(F)(F)F)c(Cl)c4)CC32)no1. The monoisotopic (exact) mass is 387 g/mol. The molecule has 1 saturated heterocycles. The number of hydrogen-bond acceptors (Lipinski definition) is 5. The summed E-state index contributed by atoms with van der Waals surface area (Å²) in [4.78, 5) is 14.2. The Kier molecular flexibility index (Phi) is 3.80. The number of ether oxygens (including phenoxy) is 1. The summed E-state index contributed by atoms with van der Waals surface area (Å²) in [5, 5.41) is 3.64. The van der Waals surface area contributed by atoms with Crippen LogP contribution in [0.3, 0.4) is 0 Å². The van der Waals surface area contributed by atoms with Gasteiger partial charge in [-0.3, -0.25) is 4.79 Å². The number of nitrogens with zero attached hydrogens (tertiary/aromatic N) is 2. The zero-order valence-corrected chi connectivity index (χ0v) is 13.9. The predicted molar refractivity (Wildman–Crippen MR) is 84.7 cm³/mol. The lowest BCUT2D eigenvalue weighted by Crippen LogP contribution is -2.31. The summed E-state index contributed by atoms with van der Waals surface area (Å²) in [7, 11) is 0. The number of carbonyl (C=O) groups excluding carboxylic acids is 1. The second kappa shape index (κ2) is 5.80. The Morgan fingerprint density at radius 3 is 2.54 bits per heavy atom. The molecule has 4 rings (SSSR count). The Labute approximate surface area is 150 Å². The fourth-order valence-corrected chi connectivity index (χ4v) is 3.83. The second-order valence-corrected chi connectivity index (χ2v) is 6.82. The van der Waals surface area contributed by atoms with E-state index in [1.807, 2.05) is 0 Å². The first-order chi connectivity index (χ1) is 12.2. The molecule has 2 fully saturated rings. The van der Waals surface area contributed by atoms with Crippen LogP contribution < -0.4 is 10.5 Å². The largest absolute Gasteiger partial charge is 0.573 e. The molecule has 1 aromatic heterocycles. The Morgan fingerprint density at radius 2 is 2.00 bits per heavy atom. The molecule has 6 nitrogen and oxygen atoms in total. The Balaban J connectivity index is 1.41. The number of nitrogens with two attached hydrogens (primary N) is 1. The Morgan fingerprint density at radius 1 is 1.31 bits per heavy atom. The van der Waals surface area contributed by atoms with Crippen LogP contribution in [-0.2, 0) is 0 Å². The summed E-state index contributed by atoms with van der Waals surface area (Å²) in [5.41, 5.74) is 6.53. The molecule has 2 unspecified atom stereocenters. The minimum Gasteiger partial charge on any atom is -0.404 e. The van der Waals surface area contributed by atoms with Crippen LogP contribution in [0.4, 0.5) is 19.1 Å². The van der Waals surface area contributed by atoms with Gasteiger partial charge in [0.25, 0.3) is 5.91 Å². The number of amides is 1. The van der Waals surface area contributed by atoms with E-state index in [1.54, 1.807) is 11.0 Å². The van der Waals surface area contributed by atoms with Crippen molar-refractivity contribution < 1.29 is 27.2 Å². The fourth-order valence-electron chi connectivity index (χ4n) is 3.62. The number of rotatable bonds is 3. The van der Waals surface area contributed by atoms with Gasteiger partial charge in [0.1, 0.15) is 5.75 Å². The van der Waals surface area contributed by atoms with E-state index >= 15 is 0 Å². The second-order valence-electron chi connectivity index (χ2n) is 6.41. The maximum atomic E-state index is 12.6. The first-order valence-electron chi connectivity index (χ1n) is 7.79. The van der Waals surface area contributed by atoms with Gasteiger partial charge in [-0.05, 0) is 30.0 Å². The van der Waals surface area contributed by atoms with Crippen molar-refractivity contribution in [1.82, 2.24) is 10.1 Å². The summed E-state index contributed by atoms with van der Waals surface area (Å²) in [6, 6.07) is 5.19. The third-order valence-corrected chi connectivity index (χ3v) is 5.07. The van der Waals surface area contributed by atoms with E-state index in [2.05, 4.69) is 9.89 Å². The van der Waals surface area contributed by atoms with Crippen LogP contribution in [0.1, 0.15) is 22.0 Å². The van der Waals surface area contributed by atoms with Crippen molar-refractivity contribution in [3.63, 3.8) is 0 Å². The van der Waals surface area contributed by atoms with E-state index in [-0.39, 0.29) is 40.1 Å². The zero-order valence-electron chi connectivity index (χ0n) is 13.2. The minimum absolute atomic E-state index is 0.216. The van der Waals surface area contributed by atoms with Gasteiger partial charge in [-0.2, -0.15) is 0 Å². The van der Waals surface area contributed by atoms with Crippen molar-refractivity contribution in [1.29, 1.82) is 0 Å². The number of carbonyl (C=O) groups is 1. The molecule has 138 valence electrons. The van der Waals surface area contributed by atoms with Crippen molar-refractivity contribution in [3.8, 4) is 5.75 Å². The molecule has 0 spiro atoms. The number of piperidine rings is 1. The van der Waals surface area contributed by atoms with Crippen LogP contribution in [0.2, 0.25) is 5.02 Å². The third kappa shape index (κ3) is 3.07. The number of hydrogen-bond donors (Lipinski definition) is 1. The highest BCUT2D eigenvalue weighted by Crippen LogP contribution is 2.58. The van der Waals surface area contributed by atoms with E-state index in [4.69, 9.17) is 21.9 Å². The van der Waals surface area contributed by atoms with E-state index < -0.39 is 12.1 Å². The molecule has 10 heteroatoms. The molecule has 1 amide bonds. The average Bonchev–Trinajstić information content (AvgIpc) is 2.90. The third-order valence-electron chi connectivity index (χ3n) is 4.77. The van der Waals surface area contributed by atoms with Crippen molar-refractivity contribution in [2.24, 2.45) is 11.8 Å². The highest BCUT2D eigenvalue weighted by atomic mass is 35.5. The van der Waals surface area contributed by atoms with Crippen LogP contribution in [0, 0.1) is 11.8 Å². The average molecular weight is 388 g/mol. The van der Waals surface area contributed by atoms with Crippen molar-refractivity contribution in [3.05, 3.63) is 40.5 Å². The van der Waals surface area contributed by atoms with Gasteiger partial charge in [0, 0.05) is 30.6 Å². The molecule has 26 heavy (non-hydrogen) atoms. The number of aromatic nitrogens is 1. The topological polar surface area (TPSA) is 81.6 Å². The quantitative estimate of drug-likeness (QED) is 0.874. The minimum atomic E-state index is -4.84. The van der Waals surface area contributed by atoms with Crippen LogP contribution in [-0.4, -0.2) is 35.4 Å². The van der Waals surface area contributed by atoms with E-state index in [1.165, 1.54) is 12.1 Å². The van der Waals surface area contributed by atoms with Crippen LogP contribution in [0.15, 0.2) is 28.8 Å². The van der Waals surface area contributed by atoms with Gasteiger partial charge in [0.2, 0.25) is 5.88 Å². The number of nitrogen functional groups attached to an aromatic ring is 1. The molecule has 2 atom stereocenters. The first kappa shape index (κ1) is 17.0. The molecular formula is C16H13ClF3N3O3. The molecule has 1 saturated carbocycles. The highest BCUT2D eigenvalue weighted by Gasteiger charge is 2.58. The van der Waals surface area contributed by atoms with Crippen molar-refractivity contribution in [2.45, 2.75) is 12.3 Å². The lowest BCUT2D eigenvalue weighted by atomic mass is 10.1. The van der Waals surface area contributed by atoms with Crippen LogP contribution in [0.25, 0.3) is 0 Å². The number of halogens is 4. The molecule has 1 aliphatic carbocycles. The number of anilines is 1. The fraction of sp³-hybridized carbons (Fsp3) is 0.375. The van der Waals surface area contributed by atoms with Crippen LogP contribution in [0.5, 0.6) is 5.75 Å². The summed E-state index contributed by atoms with van der Waals surface area (Å²) in [6.07, 6.45) is -4.84. The molecule has 1 aliphatic heterocycles. The molecule has 0 radical (unpaired) electrons. The molecule has 2 N–H and O–H groups in total. The first-order valence-corrected chi connectivity index (χ1v) is 8.17. The number of alkyl halides is 3. The van der Waals surface area contributed by atoms with Gasteiger partial charge in [-0.1, -0.05) is 16.8 Å². The molecule has 1 aromatic carbocycles. The van der Waals surface area contributed by atoms with Gasteiger partial charge in [-0.25, -0.2) is 0 Å². The van der Waals surface area contributed by atoms with Gasteiger partial charge < -0.3 is 19.9 Å². The number of likely N-dealkylation sites (tertiary alicyclic amines) is 1. The summed E-state index contributed by atoms with van der Waals surface area (Å²) in [6.45, 7) is 1.08. The molecule has 0 bridgehead atoms. The predicted octanol–water partition coefficient (Wildman–Crippen LogP) is 3.29. The Bertz CT molecular complexity index is 858. The summed E-state index contributed by atoms with van der Waals surface area (Å²) < 4.78 is 45.5. The number of benzene rings is 1. The molecule has 2 aromatic rings. The number of fused-ring (bicyclic) bond motifs is 1. The molecular weight excluding hydrogens is 375 g/mol. The lowest BCUT2D eigenvalue weighted by Gasteiger charge is -2.20. The van der Waals surface area contributed by atoms with Gasteiger partial charge in [0.05, 0.1) is 10.7 Å². The maximum Gasteiger partial charge on any atom is 0.573 e. The van der Waals surface area contributed by atoms with E-state index in [9.17, 15) is 18.0 Å². The van der Waals surface area contributed by atoms with Crippen molar-refractivity contribution in [2.75, 3.05) is 18.8 Å². The Hall–Kier alpha value is -2.42. The van der Waals surface area contributed by atoms with Crippen molar-refractivity contribution >= 4 is 23.4 Å². The smallest absolute Gasteiger partial charge is 0.404 e. The zero-order chi connectivity index (χ0) is 18.6. The lowest BCUT2D eigenvalue weighted by molar-refractivity contribution is -0.274. The van der Waals surface area contributed by atoms with E-state index in [0.29, 0.717) is 13.1 Å². The van der Waals surface area contributed by atoms with Gasteiger partial charge >= 0.3 is 6.36 Å². The normalized spacial score (nSPS) is 24.5. The summed E-state index contributed by atoms with van der Waals surface area (Å²) in [5.74, 6) is 0.234. The van der Waals surface area contributed by atoms with Gasteiger partial charge in [-0.15, -0.1) is 13.2 Å². The van der Waals surface area contributed by atoms with Crippen LogP contribution >= 0.6 is 11.6 Å². The van der Waals surface area contributed by atoms with Gasteiger partial charge in [0.15, 0.2) is 0 Å². The maximum absolute atomic E-state index is 12.6.